The molecule has 0 aliphatic heterocycles. The van der Waals surface area contributed by atoms with E-state index in [2.05, 4.69) is 42.0 Å². The first kappa shape index (κ1) is 28.2. The van der Waals surface area contributed by atoms with E-state index in [1.165, 1.54) is 0 Å². The van der Waals surface area contributed by atoms with E-state index in [-0.39, 0.29) is 36.4 Å². The first-order valence-electron chi connectivity index (χ1n) is 11.7. The van der Waals surface area contributed by atoms with Gasteiger partial charge >= 0.3 is 0 Å². The predicted molar refractivity (Wildman–Crippen MR) is 142 cm³/mol. The molecule has 0 aromatic heterocycles. The minimum Gasteiger partial charge on any atom is -0.483 e. The summed E-state index contributed by atoms with van der Waals surface area (Å²) in [4.78, 5) is 28.0. The first-order chi connectivity index (χ1) is 16.0. The lowest BCUT2D eigenvalue weighted by atomic mass is 9.87. The third kappa shape index (κ3) is 8.02. The third-order valence-corrected chi connectivity index (χ3v) is 6.67. The summed E-state index contributed by atoms with van der Waals surface area (Å²) in [5, 5.41) is 3.63. The van der Waals surface area contributed by atoms with Crippen molar-refractivity contribution in [3.8, 4) is 5.75 Å². The van der Waals surface area contributed by atoms with E-state index in [0.717, 1.165) is 22.0 Å². The van der Waals surface area contributed by atoms with E-state index >= 15 is 0 Å². The summed E-state index contributed by atoms with van der Waals surface area (Å²) >= 11 is 9.59. The summed E-state index contributed by atoms with van der Waals surface area (Å²) in [6.45, 7) is 12.4. The lowest BCUT2D eigenvalue weighted by Crippen LogP contribution is -2.51. The SMILES string of the molecule is CCC(C)NC(=O)C(CC)N(Cc1ccc(Cl)cc1)C(=O)COc1ccc(C(C)(C)C)cc1Br. The van der Waals surface area contributed by atoms with Crippen LogP contribution in [0.4, 0.5) is 0 Å². The Labute approximate surface area is 217 Å². The maximum atomic E-state index is 13.4. The van der Waals surface area contributed by atoms with Gasteiger partial charge < -0.3 is 15.0 Å². The van der Waals surface area contributed by atoms with E-state index in [1.807, 2.05) is 51.1 Å². The van der Waals surface area contributed by atoms with Crippen molar-refractivity contribution in [2.75, 3.05) is 6.61 Å². The molecule has 2 amide bonds. The highest BCUT2D eigenvalue weighted by molar-refractivity contribution is 9.10. The van der Waals surface area contributed by atoms with E-state index < -0.39 is 6.04 Å². The Morgan fingerprint density at radius 2 is 1.74 bits per heavy atom. The molecule has 0 radical (unpaired) electrons. The topological polar surface area (TPSA) is 58.6 Å². The molecule has 0 spiro atoms. The molecule has 2 atom stereocenters. The number of nitrogens with one attached hydrogen (secondary N) is 1. The lowest BCUT2D eigenvalue weighted by molar-refractivity contribution is -0.143. The molecule has 0 aliphatic rings. The highest BCUT2D eigenvalue weighted by Gasteiger charge is 2.29. The zero-order valence-corrected chi connectivity index (χ0v) is 23.3. The second-order valence-electron chi connectivity index (χ2n) is 9.57. The van der Waals surface area contributed by atoms with Crippen molar-refractivity contribution in [3.63, 3.8) is 0 Å². The van der Waals surface area contributed by atoms with Gasteiger partial charge in [-0.25, -0.2) is 0 Å². The molecule has 2 aromatic carbocycles. The van der Waals surface area contributed by atoms with Crippen LogP contribution in [-0.2, 0) is 21.5 Å². The van der Waals surface area contributed by atoms with Crippen molar-refractivity contribution in [1.82, 2.24) is 10.2 Å². The van der Waals surface area contributed by atoms with Crippen LogP contribution < -0.4 is 10.1 Å². The van der Waals surface area contributed by atoms with Crippen LogP contribution in [0.15, 0.2) is 46.9 Å². The molecule has 0 saturated heterocycles. The summed E-state index contributed by atoms with van der Waals surface area (Å²) in [5.41, 5.74) is 2.06. The van der Waals surface area contributed by atoms with Gasteiger partial charge in [0, 0.05) is 17.6 Å². The van der Waals surface area contributed by atoms with Crippen LogP contribution in [0.3, 0.4) is 0 Å². The predicted octanol–water partition coefficient (Wildman–Crippen LogP) is 6.50. The van der Waals surface area contributed by atoms with Crippen molar-refractivity contribution < 1.29 is 14.3 Å². The fraction of sp³-hybridized carbons (Fsp3) is 0.481. The molecule has 0 heterocycles. The van der Waals surface area contributed by atoms with Crippen LogP contribution in [0.1, 0.15) is 65.5 Å². The molecule has 5 nitrogen and oxygen atoms in total. The Bertz CT molecular complexity index is 973. The van der Waals surface area contributed by atoms with Crippen molar-refractivity contribution in [3.05, 3.63) is 63.1 Å². The Balaban J connectivity index is 2.24. The number of benzene rings is 2. The number of hydrogen-bond acceptors (Lipinski definition) is 3. The molecule has 0 bridgehead atoms. The highest BCUT2D eigenvalue weighted by atomic mass is 79.9. The summed E-state index contributed by atoms with van der Waals surface area (Å²) in [6.07, 6.45) is 1.31. The van der Waals surface area contributed by atoms with Crippen molar-refractivity contribution in [2.45, 2.75) is 78.4 Å². The summed E-state index contributed by atoms with van der Waals surface area (Å²) in [7, 11) is 0. The van der Waals surface area contributed by atoms with Gasteiger partial charge in [-0.1, -0.05) is 64.4 Å². The molecule has 0 saturated carbocycles. The number of halogens is 2. The van der Waals surface area contributed by atoms with Gasteiger partial charge in [-0.3, -0.25) is 9.59 Å². The van der Waals surface area contributed by atoms with Gasteiger partial charge in [0.2, 0.25) is 5.91 Å². The fourth-order valence-corrected chi connectivity index (χ4v) is 4.07. The second-order valence-corrected chi connectivity index (χ2v) is 10.9. The van der Waals surface area contributed by atoms with Crippen LogP contribution in [0, 0.1) is 0 Å². The number of nitrogens with zero attached hydrogens (tertiary/aromatic N) is 1. The Kier molecular flexibility index (Phi) is 10.4. The molecule has 2 aromatic rings. The molecule has 0 aliphatic carbocycles. The monoisotopic (exact) mass is 550 g/mol. The van der Waals surface area contributed by atoms with E-state index in [4.69, 9.17) is 16.3 Å². The standard InChI is InChI=1S/C27H36BrClN2O3/c1-7-18(3)30-26(33)23(8-2)31(16-19-9-12-21(29)13-10-19)25(32)17-34-24-14-11-20(15-22(24)28)27(4,5)6/h9-15,18,23H,7-8,16-17H2,1-6H3,(H,30,33). The van der Waals surface area contributed by atoms with Crippen LogP contribution in [0.5, 0.6) is 5.75 Å². The second kappa shape index (κ2) is 12.6. The molecular formula is C27H36BrClN2O3. The van der Waals surface area contributed by atoms with Crippen LogP contribution >= 0.6 is 27.5 Å². The van der Waals surface area contributed by atoms with E-state index in [1.54, 1.807) is 17.0 Å². The molecule has 2 unspecified atom stereocenters. The van der Waals surface area contributed by atoms with Gasteiger partial charge in [0.1, 0.15) is 11.8 Å². The molecular weight excluding hydrogens is 516 g/mol. The zero-order valence-electron chi connectivity index (χ0n) is 21.0. The van der Waals surface area contributed by atoms with E-state index in [9.17, 15) is 9.59 Å². The van der Waals surface area contributed by atoms with Crippen molar-refractivity contribution in [2.24, 2.45) is 0 Å². The molecule has 2 rings (SSSR count). The fourth-order valence-electron chi connectivity index (χ4n) is 3.45. The van der Waals surface area contributed by atoms with Gasteiger partial charge in [-0.05, 0) is 76.5 Å². The number of carbonyl (C=O) groups is 2. The van der Waals surface area contributed by atoms with Gasteiger partial charge in [-0.15, -0.1) is 0 Å². The van der Waals surface area contributed by atoms with Gasteiger partial charge in [0.15, 0.2) is 6.61 Å². The number of rotatable bonds is 10. The van der Waals surface area contributed by atoms with Crippen molar-refractivity contribution >= 4 is 39.3 Å². The maximum Gasteiger partial charge on any atom is 0.261 e. The molecule has 1 N–H and O–H groups in total. The van der Waals surface area contributed by atoms with Gasteiger partial charge in [0.25, 0.3) is 5.91 Å². The smallest absolute Gasteiger partial charge is 0.261 e. The number of amides is 2. The molecule has 186 valence electrons. The number of carbonyl (C=O) groups excluding carboxylic acids is 2. The molecule has 34 heavy (non-hydrogen) atoms. The summed E-state index contributed by atoms with van der Waals surface area (Å²) < 4.78 is 6.68. The van der Waals surface area contributed by atoms with Crippen LogP contribution in [0.2, 0.25) is 5.02 Å². The van der Waals surface area contributed by atoms with Gasteiger partial charge in [0.05, 0.1) is 4.47 Å². The average molecular weight is 552 g/mol. The quantitative estimate of drug-likeness (QED) is 0.367. The first-order valence-corrected chi connectivity index (χ1v) is 12.9. The van der Waals surface area contributed by atoms with Crippen LogP contribution in [-0.4, -0.2) is 35.4 Å². The summed E-state index contributed by atoms with van der Waals surface area (Å²) in [6, 6.07) is 12.6. The Morgan fingerprint density at radius 1 is 1.09 bits per heavy atom. The minimum absolute atomic E-state index is 0.00356. The Morgan fingerprint density at radius 3 is 2.26 bits per heavy atom. The zero-order chi connectivity index (χ0) is 25.5. The van der Waals surface area contributed by atoms with E-state index in [0.29, 0.717) is 17.2 Å². The number of ether oxygens (including phenoxy) is 1. The van der Waals surface area contributed by atoms with Crippen molar-refractivity contribution in [1.29, 1.82) is 0 Å². The third-order valence-electron chi connectivity index (χ3n) is 5.80. The Hall–Kier alpha value is -2.05. The highest BCUT2D eigenvalue weighted by Crippen LogP contribution is 2.31. The average Bonchev–Trinajstić information content (AvgIpc) is 2.78. The van der Waals surface area contributed by atoms with Crippen LogP contribution in [0.25, 0.3) is 0 Å². The number of hydrogen-bond donors (Lipinski definition) is 1. The lowest BCUT2D eigenvalue weighted by Gasteiger charge is -2.31. The minimum atomic E-state index is -0.604. The van der Waals surface area contributed by atoms with Gasteiger partial charge in [-0.2, -0.15) is 0 Å². The molecule has 7 heteroatoms. The maximum absolute atomic E-state index is 13.4. The molecule has 0 fully saturated rings. The summed E-state index contributed by atoms with van der Waals surface area (Å²) in [5.74, 6) is 0.174. The largest absolute Gasteiger partial charge is 0.483 e. The normalized spacial score (nSPS) is 13.2.